The van der Waals surface area contributed by atoms with Crippen LogP contribution in [0.3, 0.4) is 0 Å². The number of nitrogens with zero attached hydrogens (tertiary/aromatic N) is 3. The zero-order chi connectivity index (χ0) is 35.3. The molecule has 0 bridgehead atoms. The van der Waals surface area contributed by atoms with E-state index in [-0.39, 0.29) is 16.5 Å². The van der Waals surface area contributed by atoms with Crippen molar-refractivity contribution in [3.63, 3.8) is 0 Å². The minimum absolute atomic E-state index is 0.0733. The van der Waals surface area contributed by atoms with E-state index in [0.717, 1.165) is 16.7 Å². The van der Waals surface area contributed by atoms with Gasteiger partial charge in [0.05, 0.1) is 11.6 Å². The van der Waals surface area contributed by atoms with Gasteiger partial charge >= 0.3 is 5.91 Å². The molecule has 5 aromatic carbocycles. The average molecular weight is 732 g/mol. The molecule has 1 unspecified atom stereocenters. The highest BCUT2D eigenvalue weighted by Gasteiger charge is 2.48. The minimum atomic E-state index is -1.01. The summed E-state index contributed by atoms with van der Waals surface area (Å²) in [6.07, 6.45) is 0. The van der Waals surface area contributed by atoms with Crippen molar-refractivity contribution in [3.05, 3.63) is 166 Å². The molecule has 11 heteroatoms. The second-order valence-electron chi connectivity index (χ2n) is 11.7. The van der Waals surface area contributed by atoms with Crippen molar-refractivity contribution in [3.8, 4) is 17.2 Å². The Labute approximate surface area is 308 Å². The fraction of sp³-hybridized carbons (Fsp3) is 0.100. The van der Waals surface area contributed by atoms with E-state index in [0.29, 0.717) is 50.1 Å². The molecule has 8 nitrogen and oxygen atoms in total. The van der Waals surface area contributed by atoms with Crippen LogP contribution < -0.4 is 14.4 Å². The molecule has 7 rings (SSSR count). The van der Waals surface area contributed by atoms with E-state index in [1.807, 2.05) is 79.7 Å². The van der Waals surface area contributed by atoms with Gasteiger partial charge in [-0.15, -0.1) is 10.2 Å². The number of hydrogen-bond donors (Lipinski definition) is 1. The number of thioether (sulfide) groups is 1. The molecule has 1 aliphatic rings. The lowest BCUT2D eigenvalue weighted by Gasteiger charge is -2.23. The average Bonchev–Trinajstić information content (AvgIpc) is 3.72. The van der Waals surface area contributed by atoms with Gasteiger partial charge in [0.25, 0.3) is 5.78 Å². The van der Waals surface area contributed by atoms with Gasteiger partial charge < -0.3 is 14.6 Å². The maximum Gasteiger partial charge on any atom is 0.301 e. The minimum Gasteiger partial charge on any atom is -0.507 e. The number of aliphatic hydroxyl groups excluding tert-OH is 1. The summed E-state index contributed by atoms with van der Waals surface area (Å²) in [4.78, 5) is 29.0. The molecule has 254 valence electrons. The largest absolute Gasteiger partial charge is 0.507 e. The lowest BCUT2D eigenvalue weighted by Crippen LogP contribution is -2.29. The normalized spacial score (nSPS) is 15.3. The topological polar surface area (TPSA) is 102 Å². The highest BCUT2D eigenvalue weighted by Crippen LogP contribution is 2.45. The van der Waals surface area contributed by atoms with Crippen molar-refractivity contribution in [1.29, 1.82) is 0 Å². The van der Waals surface area contributed by atoms with Crippen LogP contribution in [0.15, 0.2) is 137 Å². The number of ketones is 1. The fourth-order valence-corrected chi connectivity index (χ4v) is 7.58. The van der Waals surface area contributed by atoms with E-state index in [9.17, 15) is 14.7 Å². The number of anilines is 1. The first-order valence-corrected chi connectivity index (χ1v) is 18.1. The summed E-state index contributed by atoms with van der Waals surface area (Å²) in [7, 11) is 0. The predicted octanol–water partition coefficient (Wildman–Crippen LogP) is 9.79. The van der Waals surface area contributed by atoms with Crippen molar-refractivity contribution >= 4 is 57.3 Å². The smallest absolute Gasteiger partial charge is 0.301 e. The second-order valence-corrected chi connectivity index (χ2v) is 14.3. The molecule has 0 saturated carbocycles. The summed E-state index contributed by atoms with van der Waals surface area (Å²) >= 11 is 8.69. The molecule has 1 amide bonds. The third kappa shape index (κ3) is 7.83. The van der Waals surface area contributed by atoms with Crippen LogP contribution in [0.4, 0.5) is 5.13 Å². The molecular weight excluding hydrogens is 702 g/mol. The fourth-order valence-electron chi connectivity index (χ4n) is 5.63. The van der Waals surface area contributed by atoms with Crippen LogP contribution in [0, 0.1) is 6.92 Å². The number of hydrogen-bond acceptors (Lipinski definition) is 9. The van der Waals surface area contributed by atoms with Gasteiger partial charge in [-0.3, -0.25) is 14.5 Å². The maximum atomic E-state index is 13.8. The predicted molar refractivity (Wildman–Crippen MR) is 201 cm³/mol. The molecule has 0 radical (unpaired) electrons. The number of aliphatic hydroxyl groups is 1. The van der Waals surface area contributed by atoms with Gasteiger partial charge in [-0.2, -0.15) is 0 Å². The Bertz CT molecular complexity index is 2220. The Balaban J connectivity index is 1.21. The number of amides is 1. The molecule has 1 fully saturated rings. The number of halogens is 1. The number of rotatable bonds is 11. The van der Waals surface area contributed by atoms with Gasteiger partial charge in [-0.25, -0.2) is 0 Å². The number of Topliss-reactive ketones (excluding diaryl/α,β-unsaturated/α-hetero) is 1. The van der Waals surface area contributed by atoms with E-state index in [4.69, 9.17) is 21.1 Å². The Morgan fingerprint density at radius 2 is 1.57 bits per heavy atom. The molecule has 1 atom stereocenters. The number of aryl methyl sites for hydroxylation is 1. The van der Waals surface area contributed by atoms with Crippen LogP contribution in [-0.2, 0) is 21.9 Å². The van der Waals surface area contributed by atoms with Gasteiger partial charge in [0.2, 0.25) is 5.13 Å². The molecule has 51 heavy (non-hydrogen) atoms. The van der Waals surface area contributed by atoms with Crippen LogP contribution in [0.25, 0.3) is 5.76 Å². The summed E-state index contributed by atoms with van der Waals surface area (Å²) in [6.45, 7) is 2.40. The van der Waals surface area contributed by atoms with E-state index in [1.54, 1.807) is 48.5 Å². The monoisotopic (exact) mass is 731 g/mol. The molecule has 1 aromatic heterocycles. The molecule has 1 saturated heterocycles. The molecule has 0 aliphatic carbocycles. The number of carbonyl (C=O) groups excluding carboxylic acids is 2. The quantitative estimate of drug-likeness (QED) is 0.0462. The Hall–Kier alpha value is -5.42. The van der Waals surface area contributed by atoms with E-state index in [1.165, 1.54) is 28.0 Å². The summed E-state index contributed by atoms with van der Waals surface area (Å²) in [5.74, 6) is 0.348. The third-order valence-electron chi connectivity index (χ3n) is 8.09. The lowest BCUT2D eigenvalue weighted by atomic mass is 9.95. The number of benzene rings is 5. The van der Waals surface area contributed by atoms with Gasteiger partial charge in [-0.1, -0.05) is 107 Å². The van der Waals surface area contributed by atoms with Crippen molar-refractivity contribution in [2.24, 2.45) is 0 Å². The summed E-state index contributed by atoms with van der Waals surface area (Å²) in [6, 6.07) is 37.7. The molecule has 2 heterocycles. The zero-order valence-corrected chi connectivity index (χ0v) is 29.6. The first-order chi connectivity index (χ1) is 24.8. The molecule has 6 aromatic rings. The number of ether oxygens (including phenoxy) is 2. The van der Waals surface area contributed by atoms with Crippen LogP contribution >= 0.6 is 34.7 Å². The van der Waals surface area contributed by atoms with E-state index >= 15 is 0 Å². The number of aromatic nitrogens is 2. The highest BCUT2D eigenvalue weighted by molar-refractivity contribution is 8.00. The van der Waals surface area contributed by atoms with Gasteiger partial charge in [0, 0.05) is 16.3 Å². The van der Waals surface area contributed by atoms with Gasteiger partial charge in [0.1, 0.15) is 29.6 Å². The Morgan fingerprint density at radius 1 is 0.824 bits per heavy atom. The molecule has 1 aliphatic heterocycles. The van der Waals surface area contributed by atoms with Crippen LogP contribution in [0.1, 0.15) is 33.9 Å². The number of carbonyl (C=O) groups is 2. The molecular formula is C40H30ClN3O5S2. The van der Waals surface area contributed by atoms with Gasteiger partial charge in [0.15, 0.2) is 4.34 Å². The van der Waals surface area contributed by atoms with E-state index < -0.39 is 17.7 Å². The number of para-hydroxylation sites is 1. The third-order valence-corrected chi connectivity index (χ3v) is 10.5. The first kappa shape index (κ1) is 34.0. The molecule has 1 N–H and O–H groups in total. The standard InChI is InChI=1S/C40H30ClN3O5S2/c1-25-7-5-8-27(21-25)23-48-31-19-15-28(16-20-31)36(45)34-35(29-9-6-12-33(22-29)49-32-10-3-2-4-11-32)44(38(47)37(34)46)39-42-43-40(51-39)50-24-26-13-17-30(41)18-14-26/h2-22,35,45H,23-24H2,1H3. The van der Waals surface area contributed by atoms with Crippen molar-refractivity contribution in [1.82, 2.24) is 10.2 Å². The first-order valence-electron chi connectivity index (χ1n) is 16.0. The second kappa shape index (κ2) is 15.2. The summed E-state index contributed by atoms with van der Waals surface area (Å²) < 4.78 is 12.7. The summed E-state index contributed by atoms with van der Waals surface area (Å²) in [5, 5.41) is 21.3. The lowest BCUT2D eigenvalue weighted by molar-refractivity contribution is -0.132. The summed E-state index contributed by atoms with van der Waals surface area (Å²) in [5.41, 5.74) is 4.05. The van der Waals surface area contributed by atoms with Crippen LogP contribution in [0.2, 0.25) is 5.02 Å². The Morgan fingerprint density at radius 3 is 2.33 bits per heavy atom. The maximum absolute atomic E-state index is 13.8. The van der Waals surface area contributed by atoms with Crippen molar-refractivity contribution in [2.75, 3.05) is 4.90 Å². The van der Waals surface area contributed by atoms with Crippen LogP contribution in [-0.4, -0.2) is 27.0 Å². The SMILES string of the molecule is Cc1cccc(COc2ccc(C(O)=C3C(=O)C(=O)N(c4nnc(SCc5ccc(Cl)cc5)s4)C3c3cccc(Oc4ccccc4)c3)cc2)c1. The molecule has 0 spiro atoms. The van der Waals surface area contributed by atoms with Crippen molar-refractivity contribution < 1.29 is 24.2 Å². The Kier molecular flexibility index (Phi) is 10.2. The highest BCUT2D eigenvalue weighted by atomic mass is 35.5. The van der Waals surface area contributed by atoms with E-state index in [2.05, 4.69) is 16.3 Å². The van der Waals surface area contributed by atoms with Crippen LogP contribution in [0.5, 0.6) is 17.2 Å². The van der Waals surface area contributed by atoms with Crippen molar-refractivity contribution in [2.45, 2.75) is 29.7 Å². The van der Waals surface area contributed by atoms with Gasteiger partial charge in [-0.05, 0) is 84.3 Å². The zero-order valence-electron chi connectivity index (χ0n) is 27.2.